The van der Waals surface area contributed by atoms with Crippen molar-refractivity contribution in [3.05, 3.63) is 102 Å². The van der Waals surface area contributed by atoms with Crippen molar-refractivity contribution in [1.82, 2.24) is 10.2 Å². The van der Waals surface area contributed by atoms with Crippen molar-refractivity contribution in [1.29, 1.82) is 0 Å². The van der Waals surface area contributed by atoms with Gasteiger partial charge in [-0.05, 0) is 28.8 Å². The second-order valence-electron chi connectivity index (χ2n) is 7.36. The first-order chi connectivity index (χ1) is 15.6. The molecule has 0 saturated carbocycles. The first-order valence-electron chi connectivity index (χ1n) is 10.5. The van der Waals surface area contributed by atoms with E-state index in [4.69, 9.17) is 4.74 Å². The minimum atomic E-state index is -0.832. The Morgan fingerprint density at radius 2 is 1.53 bits per heavy atom. The Morgan fingerprint density at radius 1 is 0.906 bits per heavy atom. The number of hydrogen-bond acceptors (Lipinski definition) is 4. The number of benzene rings is 3. The highest BCUT2D eigenvalue weighted by molar-refractivity contribution is 5.89. The SMILES string of the molecule is COc1ccc(CN(C(=O)Cc2ccccc2)[C@@H](C(=O)NCCO)c2ccccc2)cc1. The van der Waals surface area contributed by atoms with Crippen molar-refractivity contribution in [3.63, 3.8) is 0 Å². The van der Waals surface area contributed by atoms with Gasteiger partial charge in [-0.15, -0.1) is 0 Å². The van der Waals surface area contributed by atoms with Gasteiger partial charge in [0.25, 0.3) is 0 Å². The van der Waals surface area contributed by atoms with E-state index in [1.54, 1.807) is 12.0 Å². The topological polar surface area (TPSA) is 78.9 Å². The van der Waals surface area contributed by atoms with E-state index in [2.05, 4.69) is 5.32 Å². The number of ether oxygens (including phenoxy) is 1. The van der Waals surface area contributed by atoms with Gasteiger partial charge < -0.3 is 20.1 Å². The zero-order valence-corrected chi connectivity index (χ0v) is 18.1. The van der Waals surface area contributed by atoms with Crippen LogP contribution in [0.1, 0.15) is 22.7 Å². The second-order valence-corrected chi connectivity index (χ2v) is 7.36. The lowest BCUT2D eigenvalue weighted by Gasteiger charge is -2.32. The van der Waals surface area contributed by atoms with E-state index in [-0.39, 0.29) is 37.9 Å². The summed E-state index contributed by atoms with van der Waals surface area (Å²) in [5, 5.41) is 11.9. The monoisotopic (exact) mass is 432 g/mol. The van der Waals surface area contributed by atoms with Gasteiger partial charge in [0.1, 0.15) is 11.8 Å². The normalized spacial score (nSPS) is 11.4. The number of nitrogens with zero attached hydrogens (tertiary/aromatic N) is 1. The van der Waals surface area contributed by atoms with Crippen molar-refractivity contribution >= 4 is 11.8 Å². The van der Waals surface area contributed by atoms with Gasteiger partial charge in [0.2, 0.25) is 11.8 Å². The highest BCUT2D eigenvalue weighted by Crippen LogP contribution is 2.25. The van der Waals surface area contributed by atoms with Gasteiger partial charge in [-0.25, -0.2) is 0 Å². The maximum absolute atomic E-state index is 13.5. The van der Waals surface area contributed by atoms with Crippen molar-refractivity contribution in [2.24, 2.45) is 0 Å². The van der Waals surface area contributed by atoms with Gasteiger partial charge in [0.15, 0.2) is 0 Å². The molecule has 6 nitrogen and oxygen atoms in total. The van der Waals surface area contributed by atoms with Crippen LogP contribution in [0.25, 0.3) is 0 Å². The summed E-state index contributed by atoms with van der Waals surface area (Å²) < 4.78 is 5.23. The summed E-state index contributed by atoms with van der Waals surface area (Å²) in [6.07, 6.45) is 0.174. The first-order valence-corrected chi connectivity index (χ1v) is 10.5. The van der Waals surface area contributed by atoms with Crippen molar-refractivity contribution in [2.45, 2.75) is 19.0 Å². The van der Waals surface area contributed by atoms with E-state index in [0.29, 0.717) is 5.56 Å². The fourth-order valence-electron chi connectivity index (χ4n) is 3.51. The van der Waals surface area contributed by atoms with Crippen LogP contribution in [0.15, 0.2) is 84.9 Å². The lowest BCUT2D eigenvalue weighted by Crippen LogP contribution is -2.44. The average Bonchev–Trinajstić information content (AvgIpc) is 2.84. The van der Waals surface area contributed by atoms with Crippen molar-refractivity contribution in [3.8, 4) is 5.75 Å². The minimum absolute atomic E-state index is 0.116. The molecule has 0 saturated heterocycles. The summed E-state index contributed by atoms with van der Waals surface area (Å²) in [6.45, 7) is 0.191. The molecule has 0 radical (unpaired) electrons. The Bertz CT molecular complexity index is 991. The maximum Gasteiger partial charge on any atom is 0.247 e. The molecule has 0 spiro atoms. The number of carbonyl (C=O) groups is 2. The van der Waals surface area contributed by atoms with Crippen LogP contribution >= 0.6 is 0 Å². The summed E-state index contributed by atoms with van der Waals surface area (Å²) in [6, 6.07) is 25.3. The number of hydrogen-bond donors (Lipinski definition) is 2. The predicted molar refractivity (Wildman–Crippen MR) is 123 cm³/mol. The Balaban J connectivity index is 1.97. The molecule has 3 aromatic rings. The molecule has 0 aromatic heterocycles. The summed E-state index contributed by atoms with van der Waals surface area (Å²) in [5.74, 6) is 0.219. The molecule has 0 aliphatic rings. The van der Waals surface area contributed by atoms with Gasteiger partial charge >= 0.3 is 0 Å². The molecule has 32 heavy (non-hydrogen) atoms. The van der Waals surface area contributed by atoms with Gasteiger partial charge in [0, 0.05) is 13.1 Å². The third-order valence-corrected chi connectivity index (χ3v) is 5.12. The predicted octanol–water partition coefficient (Wildman–Crippen LogP) is 3.12. The number of aliphatic hydroxyl groups is 1. The van der Waals surface area contributed by atoms with E-state index >= 15 is 0 Å². The molecule has 0 heterocycles. The minimum Gasteiger partial charge on any atom is -0.497 e. The molecule has 166 valence electrons. The molecule has 0 unspecified atom stereocenters. The van der Waals surface area contributed by atoms with E-state index in [1.807, 2.05) is 84.9 Å². The van der Waals surface area contributed by atoms with Crippen molar-refractivity contribution in [2.75, 3.05) is 20.3 Å². The Morgan fingerprint density at radius 3 is 2.12 bits per heavy atom. The quantitative estimate of drug-likeness (QED) is 0.516. The van der Waals surface area contributed by atoms with Crippen LogP contribution in [0.2, 0.25) is 0 Å². The molecular formula is C26H28N2O4. The fourth-order valence-corrected chi connectivity index (χ4v) is 3.51. The molecule has 3 rings (SSSR count). The van der Waals surface area contributed by atoms with E-state index in [1.165, 1.54) is 0 Å². The average molecular weight is 433 g/mol. The molecule has 0 aliphatic heterocycles. The third-order valence-electron chi connectivity index (χ3n) is 5.12. The zero-order chi connectivity index (χ0) is 22.8. The maximum atomic E-state index is 13.5. The van der Waals surface area contributed by atoms with E-state index < -0.39 is 6.04 Å². The summed E-state index contributed by atoms with van der Waals surface area (Å²) >= 11 is 0. The van der Waals surface area contributed by atoms with Crippen LogP contribution in [-0.4, -0.2) is 42.1 Å². The highest BCUT2D eigenvalue weighted by atomic mass is 16.5. The second kappa shape index (κ2) is 11.7. The Hall–Kier alpha value is -3.64. The number of aliphatic hydroxyl groups excluding tert-OH is 1. The lowest BCUT2D eigenvalue weighted by atomic mass is 10.0. The van der Waals surface area contributed by atoms with Crippen LogP contribution < -0.4 is 10.1 Å². The summed E-state index contributed by atoms with van der Waals surface area (Å²) in [4.78, 5) is 28.3. The first kappa shape index (κ1) is 23.0. The lowest BCUT2D eigenvalue weighted by molar-refractivity contribution is -0.141. The van der Waals surface area contributed by atoms with Gasteiger partial charge in [-0.2, -0.15) is 0 Å². The molecule has 3 aromatic carbocycles. The largest absolute Gasteiger partial charge is 0.497 e. The molecular weight excluding hydrogens is 404 g/mol. The number of methoxy groups -OCH3 is 1. The number of rotatable bonds is 10. The standard InChI is InChI=1S/C26H28N2O4/c1-32-23-14-12-21(13-15-23)19-28(24(30)18-20-8-4-2-5-9-20)25(26(31)27-16-17-29)22-10-6-3-7-11-22/h2-15,25,29H,16-19H2,1H3,(H,27,31)/t25-/m1/s1. The molecule has 0 fully saturated rings. The number of nitrogens with one attached hydrogen (secondary N) is 1. The highest BCUT2D eigenvalue weighted by Gasteiger charge is 2.31. The van der Waals surface area contributed by atoms with Crippen LogP contribution in [0.3, 0.4) is 0 Å². The molecule has 6 heteroatoms. The number of carbonyl (C=O) groups excluding carboxylic acids is 2. The Kier molecular flexibility index (Phi) is 8.40. The van der Waals surface area contributed by atoms with Crippen LogP contribution in [0, 0.1) is 0 Å². The van der Waals surface area contributed by atoms with Crippen LogP contribution in [0.4, 0.5) is 0 Å². The third kappa shape index (κ3) is 6.18. The molecule has 2 amide bonds. The van der Waals surface area contributed by atoms with Crippen molar-refractivity contribution < 1.29 is 19.4 Å². The number of amides is 2. The van der Waals surface area contributed by atoms with Gasteiger partial charge in [-0.3, -0.25) is 9.59 Å². The molecule has 0 bridgehead atoms. The molecule has 1 atom stereocenters. The molecule has 2 N–H and O–H groups in total. The summed E-state index contributed by atoms with van der Waals surface area (Å²) in [7, 11) is 1.60. The van der Waals surface area contributed by atoms with Crippen LogP contribution in [0.5, 0.6) is 5.75 Å². The van der Waals surface area contributed by atoms with Gasteiger partial charge in [0.05, 0.1) is 20.1 Å². The van der Waals surface area contributed by atoms with Crippen LogP contribution in [-0.2, 0) is 22.6 Å². The smallest absolute Gasteiger partial charge is 0.247 e. The summed E-state index contributed by atoms with van der Waals surface area (Å²) in [5.41, 5.74) is 2.46. The van der Waals surface area contributed by atoms with E-state index in [9.17, 15) is 14.7 Å². The zero-order valence-electron chi connectivity index (χ0n) is 18.1. The molecule has 0 aliphatic carbocycles. The van der Waals surface area contributed by atoms with E-state index in [0.717, 1.165) is 16.9 Å². The Labute approximate surface area is 188 Å². The fraction of sp³-hybridized carbons (Fsp3) is 0.231. The van der Waals surface area contributed by atoms with Gasteiger partial charge in [-0.1, -0.05) is 72.8 Å².